The summed E-state index contributed by atoms with van der Waals surface area (Å²) in [6.07, 6.45) is 3.46. The van der Waals surface area contributed by atoms with Gasteiger partial charge in [0.15, 0.2) is 0 Å². The van der Waals surface area contributed by atoms with E-state index in [9.17, 15) is 9.90 Å². The lowest BCUT2D eigenvalue weighted by Gasteiger charge is -2.19. The number of phenolic OH excluding ortho intramolecular Hbond substituents is 1. The number of amides is 1. The molecule has 0 aliphatic rings. The van der Waals surface area contributed by atoms with E-state index >= 15 is 0 Å². The third-order valence-electron chi connectivity index (χ3n) is 3.53. The number of nitrogens with zero attached hydrogens (tertiary/aromatic N) is 1. The zero-order chi connectivity index (χ0) is 14.3. The largest absolute Gasteiger partial charge is 0.508 e. The van der Waals surface area contributed by atoms with Crippen LogP contribution in [0.25, 0.3) is 0 Å². The Morgan fingerprint density at radius 3 is 2.47 bits per heavy atom. The van der Waals surface area contributed by atoms with Crippen LogP contribution in [0.2, 0.25) is 0 Å². The molecule has 19 heavy (non-hydrogen) atoms. The zero-order valence-corrected chi connectivity index (χ0v) is 11.8. The Labute approximate surface area is 115 Å². The van der Waals surface area contributed by atoms with Crippen molar-refractivity contribution in [2.45, 2.75) is 32.6 Å². The van der Waals surface area contributed by atoms with Crippen molar-refractivity contribution in [1.82, 2.24) is 0 Å². The highest BCUT2D eigenvalue weighted by atomic mass is 16.3. The molecular formula is C15H24N2O2. The first-order valence-corrected chi connectivity index (χ1v) is 6.84. The van der Waals surface area contributed by atoms with Crippen molar-refractivity contribution in [2.75, 3.05) is 18.5 Å². The number of phenols is 1. The van der Waals surface area contributed by atoms with Gasteiger partial charge in [0.1, 0.15) is 5.75 Å². The lowest BCUT2D eigenvalue weighted by atomic mass is 9.96. The van der Waals surface area contributed by atoms with Gasteiger partial charge in [-0.15, -0.1) is 0 Å². The summed E-state index contributed by atoms with van der Waals surface area (Å²) in [5.74, 6) is 0.835. The Hall–Kier alpha value is -1.55. The molecule has 0 aliphatic heterocycles. The van der Waals surface area contributed by atoms with Gasteiger partial charge in [-0.05, 0) is 49.6 Å². The van der Waals surface area contributed by atoms with Gasteiger partial charge < -0.3 is 15.7 Å². The van der Waals surface area contributed by atoms with Crippen LogP contribution >= 0.6 is 0 Å². The fourth-order valence-electron chi connectivity index (χ4n) is 2.10. The molecule has 0 radical (unpaired) electrons. The second-order valence-electron chi connectivity index (χ2n) is 4.86. The fraction of sp³-hybridized carbons (Fsp3) is 0.533. The van der Waals surface area contributed by atoms with E-state index in [2.05, 4.69) is 6.92 Å². The molecule has 0 aromatic heterocycles. The molecular weight excluding hydrogens is 240 g/mol. The molecule has 0 bridgehead atoms. The van der Waals surface area contributed by atoms with Crippen LogP contribution in [0.4, 0.5) is 5.69 Å². The summed E-state index contributed by atoms with van der Waals surface area (Å²) >= 11 is 0. The average Bonchev–Trinajstić information content (AvgIpc) is 2.43. The summed E-state index contributed by atoms with van der Waals surface area (Å²) in [5, 5.41) is 9.23. The number of hydrogen-bond acceptors (Lipinski definition) is 3. The minimum absolute atomic E-state index is 0.0983. The predicted octanol–water partition coefficient (Wildman–Crippen LogP) is 2.51. The smallest absolute Gasteiger partial charge is 0.226 e. The van der Waals surface area contributed by atoms with Gasteiger partial charge in [0.05, 0.1) is 0 Å². The van der Waals surface area contributed by atoms with Gasteiger partial charge >= 0.3 is 0 Å². The average molecular weight is 264 g/mol. The van der Waals surface area contributed by atoms with Crippen LogP contribution < -0.4 is 10.6 Å². The first-order valence-electron chi connectivity index (χ1n) is 6.84. The van der Waals surface area contributed by atoms with E-state index in [1.54, 1.807) is 36.2 Å². The van der Waals surface area contributed by atoms with Gasteiger partial charge in [0.2, 0.25) is 5.91 Å². The Bertz CT molecular complexity index is 390. The van der Waals surface area contributed by atoms with E-state index in [4.69, 9.17) is 5.73 Å². The third-order valence-corrected chi connectivity index (χ3v) is 3.53. The SMILES string of the molecule is CCC(CCN)CCC(=O)N(C)c1ccc(O)cc1. The number of benzene rings is 1. The first kappa shape index (κ1) is 15.5. The second-order valence-corrected chi connectivity index (χ2v) is 4.86. The van der Waals surface area contributed by atoms with Crippen molar-refractivity contribution >= 4 is 11.6 Å². The number of hydrogen-bond donors (Lipinski definition) is 2. The van der Waals surface area contributed by atoms with E-state index < -0.39 is 0 Å². The molecule has 0 heterocycles. The molecule has 1 unspecified atom stereocenters. The topological polar surface area (TPSA) is 66.6 Å². The molecule has 4 nitrogen and oxygen atoms in total. The van der Waals surface area contributed by atoms with Crippen LogP contribution in [-0.4, -0.2) is 24.6 Å². The molecule has 1 aromatic rings. The minimum Gasteiger partial charge on any atom is -0.508 e. The monoisotopic (exact) mass is 264 g/mol. The van der Waals surface area contributed by atoms with Crippen molar-refractivity contribution < 1.29 is 9.90 Å². The predicted molar refractivity (Wildman–Crippen MR) is 78.2 cm³/mol. The molecule has 1 atom stereocenters. The normalized spacial score (nSPS) is 12.2. The van der Waals surface area contributed by atoms with Crippen molar-refractivity contribution in [2.24, 2.45) is 11.7 Å². The van der Waals surface area contributed by atoms with Crippen molar-refractivity contribution in [3.8, 4) is 5.75 Å². The van der Waals surface area contributed by atoms with Gasteiger partial charge in [0.25, 0.3) is 0 Å². The van der Waals surface area contributed by atoms with Gasteiger partial charge in [-0.2, -0.15) is 0 Å². The van der Waals surface area contributed by atoms with Crippen LogP contribution in [0.1, 0.15) is 32.6 Å². The highest BCUT2D eigenvalue weighted by Gasteiger charge is 2.13. The van der Waals surface area contributed by atoms with Gasteiger partial charge in [-0.1, -0.05) is 13.3 Å². The maximum atomic E-state index is 12.1. The molecule has 1 rings (SSSR count). The summed E-state index contributed by atoms with van der Waals surface area (Å²) < 4.78 is 0. The van der Waals surface area contributed by atoms with E-state index in [1.165, 1.54) is 0 Å². The van der Waals surface area contributed by atoms with Crippen LogP contribution in [-0.2, 0) is 4.79 Å². The Kier molecular flexibility index (Phi) is 6.36. The van der Waals surface area contributed by atoms with Crippen LogP contribution in [0.3, 0.4) is 0 Å². The number of carbonyl (C=O) groups is 1. The first-order chi connectivity index (χ1) is 9.08. The summed E-state index contributed by atoms with van der Waals surface area (Å²) in [4.78, 5) is 13.7. The number of carbonyl (C=O) groups excluding carboxylic acids is 1. The molecule has 0 saturated heterocycles. The Morgan fingerprint density at radius 1 is 1.32 bits per heavy atom. The maximum absolute atomic E-state index is 12.1. The lowest BCUT2D eigenvalue weighted by Crippen LogP contribution is -2.26. The maximum Gasteiger partial charge on any atom is 0.226 e. The van der Waals surface area contributed by atoms with Gasteiger partial charge in [-0.25, -0.2) is 0 Å². The van der Waals surface area contributed by atoms with Crippen LogP contribution in [0.15, 0.2) is 24.3 Å². The van der Waals surface area contributed by atoms with E-state index in [0.29, 0.717) is 18.9 Å². The van der Waals surface area contributed by atoms with Crippen molar-refractivity contribution in [3.05, 3.63) is 24.3 Å². The molecule has 3 N–H and O–H groups in total. The lowest BCUT2D eigenvalue weighted by molar-refractivity contribution is -0.118. The molecule has 106 valence electrons. The summed E-state index contributed by atoms with van der Waals surface area (Å²) in [6, 6.07) is 6.65. The van der Waals surface area contributed by atoms with Crippen LogP contribution in [0.5, 0.6) is 5.75 Å². The number of anilines is 1. The molecule has 0 fully saturated rings. The standard InChI is InChI=1S/C15H24N2O2/c1-3-12(10-11-16)4-9-15(19)17(2)13-5-7-14(18)8-6-13/h5-8,12,18H,3-4,9-11,16H2,1-2H3. The molecule has 1 aromatic carbocycles. The van der Waals surface area contributed by atoms with Crippen molar-refractivity contribution in [1.29, 1.82) is 0 Å². The summed E-state index contributed by atoms with van der Waals surface area (Å²) in [6.45, 7) is 2.81. The minimum atomic E-state index is 0.0983. The highest BCUT2D eigenvalue weighted by Crippen LogP contribution is 2.20. The van der Waals surface area contributed by atoms with Gasteiger partial charge in [0, 0.05) is 19.2 Å². The van der Waals surface area contributed by atoms with Gasteiger partial charge in [-0.3, -0.25) is 4.79 Å². The van der Waals surface area contributed by atoms with Crippen molar-refractivity contribution in [3.63, 3.8) is 0 Å². The second kappa shape index (κ2) is 7.79. The summed E-state index contributed by atoms with van der Waals surface area (Å²) in [7, 11) is 1.76. The number of rotatable bonds is 7. The van der Waals surface area contributed by atoms with E-state index in [1.807, 2.05) is 0 Å². The Balaban J connectivity index is 2.50. The molecule has 1 amide bonds. The zero-order valence-electron chi connectivity index (χ0n) is 11.8. The van der Waals surface area contributed by atoms with E-state index in [-0.39, 0.29) is 11.7 Å². The quantitative estimate of drug-likeness (QED) is 0.795. The number of aromatic hydroxyl groups is 1. The number of nitrogens with two attached hydrogens (primary N) is 1. The Morgan fingerprint density at radius 2 is 1.95 bits per heavy atom. The molecule has 0 aliphatic carbocycles. The third kappa shape index (κ3) is 4.91. The molecule has 0 spiro atoms. The highest BCUT2D eigenvalue weighted by molar-refractivity contribution is 5.92. The van der Waals surface area contributed by atoms with E-state index in [0.717, 1.165) is 24.9 Å². The summed E-state index contributed by atoms with van der Waals surface area (Å²) in [5.41, 5.74) is 6.36. The fourth-order valence-corrected chi connectivity index (χ4v) is 2.10. The molecule has 0 saturated carbocycles. The molecule has 4 heteroatoms. The van der Waals surface area contributed by atoms with Crippen LogP contribution in [0, 0.1) is 5.92 Å².